The van der Waals surface area contributed by atoms with Crippen LogP contribution in [-0.2, 0) is 11.3 Å². The van der Waals surface area contributed by atoms with Crippen LogP contribution in [-0.4, -0.2) is 73.3 Å². The normalized spacial score (nSPS) is 14.1. The van der Waals surface area contributed by atoms with Crippen molar-refractivity contribution in [1.82, 2.24) is 9.80 Å². The van der Waals surface area contributed by atoms with Crippen LogP contribution in [0.3, 0.4) is 0 Å². The average Bonchev–Trinajstić information content (AvgIpc) is 3.08. The first-order valence-corrected chi connectivity index (χ1v) is 10.8. The molecule has 0 bridgehead atoms. The maximum absolute atomic E-state index is 12.5. The molecule has 0 radical (unpaired) electrons. The lowest BCUT2D eigenvalue weighted by Gasteiger charge is -2.24. The van der Waals surface area contributed by atoms with E-state index in [1.165, 1.54) is 0 Å². The van der Waals surface area contributed by atoms with Gasteiger partial charge in [-0.2, -0.15) is 0 Å². The number of carbonyl (C=O) groups is 2. The van der Waals surface area contributed by atoms with Crippen LogP contribution in [0.15, 0.2) is 54.6 Å². The van der Waals surface area contributed by atoms with Gasteiger partial charge in [0.05, 0.1) is 0 Å². The van der Waals surface area contributed by atoms with Gasteiger partial charge in [0.15, 0.2) is 0 Å². The fraction of sp³-hybridized carbons (Fsp3) is 0.417. The van der Waals surface area contributed by atoms with E-state index in [0.29, 0.717) is 38.2 Å². The second-order valence-electron chi connectivity index (χ2n) is 7.72. The van der Waals surface area contributed by atoms with E-state index >= 15 is 0 Å². The van der Waals surface area contributed by atoms with Gasteiger partial charge in [0.1, 0.15) is 6.61 Å². The first kappa shape index (κ1) is 22.6. The van der Waals surface area contributed by atoms with Crippen molar-refractivity contribution in [2.24, 2.45) is 0 Å². The van der Waals surface area contributed by atoms with Gasteiger partial charge in [-0.25, -0.2) is 4.79 Å². The van der Waals surface area contributed by atoms with Crippen LogP contribution in [0.5, 0.6) is 0 Å². The van der Waals surface area contributed by atoms with Gasteiger partial charge < -0.3 is 24.5 Å². The van der Waals surface area contributed by atoms with Crippen molar-refractivity contribution in [2.45, 2.75) is 19.4 Å². The second-order valence-corrected chi connectivity index (χ2v) is 7.72. The number of anilines is 1. The minimum atomic E-state index is -0.280. The number of nitrogens with zero attached hydrogens (tertiary/aromatic N) is 3. The van der Waals surface area contributed by atoms with E-state index in [-0.39, 0.29) is 25.2 Å². The molecule has 166 valence electrons. The zero-order valence-electron chi connectivity index (χ0n) is 18.1. The van der Waals surface area contributed by atoms with Gasteiger partial charge >= 0.3 is 6.09 Å². The Morgan fingerprint density at radius 3 is 2.45 bits per heavy atom. The Morgan fingerprint density at radius 2 is 1.74 bits per heavy atom. The molecule has 1 aliphatic heterocycles. The Kier molecular flexibility index (Phi) is 8.29. The highest BCUT2D eigenvalue weighted by Crippen LogP contribution is 2.19. The van der Waals surface area contributed by atoms with Gasteiger partial charge in [-0.3, -0.25) is 4.79 Å². The Bertz CT molecular complexity index is 842. The summed E-state index contributed by atoms with van der Waals surface area (Å²) in [4.78, 5) is 30.5. The predicted octanol–water partition coefficient (Wildman–Crippen LogP) is 2.99. The highest BCUT2D eigenvalue weighted by Gasteiger charge is 2.21. The van der Waals surface area contributed by atoms with Crippen molar-refractivity contribution >= 4 is 17.7 Å². The lowest BCUT2D eigenvalue weighted by Crippen LogP contribution is -2.35. The molecular formula is C24H31N3O4. The molecule has 7 nitrogen and oxygen atoms in total. The molecule has 0 saturated carbocycles. The third kappa shape index (κ3) is 6.46. The third-order valence-electron chi connectivity index (χ3n) is 5.44. The lowest BCUT2D eigenvalue weighted by atomic mass is 10.1. The van der Waals surface area contributed by atoms with Crippen LogP contribution >= 0.6 is 0 Å². The van der Waals surface area contributed by atoms with Crippen LogP contribution in [0, 0.1) is 0 Å². The number of aliphatic hydroxyl groups is 1. The summed E-state index contributed by atoms with van der Waals surface area (Å²) in [7, 11) is 1.74. The number of benzene rings is 2. The van der Waals surface area contributed by atoms with Crippen molar-refractivity contribution in [3.63, 3.8) is 0 Å². The third-order valence-corrected chi connectivity index (χ3v) is 5.44. The van der Waals surface area contributed by atoms with Crippen molar-refractivity contribution in [3.05, 3.63) is 65.7 Å². The number of hydrogen-bond donors (Lipinski definition) is 1. The largest absolute Gasteiger partial charge is 0.445 e. The molecule has 1 fully saturated rings. The SMILES string of the molecule is CN(CCCO)C(=O)c1ccc(N2CCCN(C(=O)OCc3ccccc3)CC2)cc1. The molecule has 1 N–H and O–H groups in total. The number of carbonyl (C=O) groups excluding carboxylic acids is 2. The number of hydrogen-bond acceptors (Lipinski definition) is 5. The maximum atomic E-state index is 12.5. The van der Waals surface area contributed by atoms with Crippen LogP contribution < -0.4 is 4.90 Å². The van der Waals surface area contributed by atoms with Crippen LogP contribution in [0.25, 0.3) is 0 Å². The van der Waals surface area contributed by atoms with Gasteiger partial charge in [-0.1, -0.05) is 30.3 Å². The Balaban J connectivity index is 1.52. The summed E-state index contributed by atoms with van der Waals surface area (Å²) in [6, 6.07) is 17.3. The number of aliphatic hydroxyl groups excluding tert-OH is 1. The summed E-state index contributed by atoms with van der Waals surface area (Å²) in [5.74, 6) is -0.0526. The van der Waals surface area contributed by atoms with E-state index in [1.807, 2.05) is 54.6 Å². The summed E-state index contributed by atoms with van der Waals surface area (Å²) in [6.45, 7) is 3.69. The molecule has 1 heterocycles. The maximum Gasteiger partial charge on any atom is 0.410 e. The van der Waals surface area contributed by atoms with Gasteiger partial charge in [0.25, 0.3) is 5.91 Å². The molecule has 2 aromatic carbocycles. The Hall–Kier alpha value is -3.06. The summed E-state index contributed by atoms with van der Waals surface area (Å²) in [6.07, 6.45) is 1.14. The fourth-order valence-electron chi connectivity index (χ4n) is 3.61. The summed E-state index contributed by atoms with van der Waals surface area (Å²) >= 11 is 0. The van der Waals surface area contributed by atoms with E-state index in [9.17, 15) is 9.59 Å². The molecular weight excluding hydrogens is 394 g/mol. The Morgan fingerprint density at radius 1 is 1.00 bits per heavy atom. The van der Waals surface area contributed by atoms with Crippen molar-refractivity contribution in [1.29, 1.82) is 0 Å². The monoisotopic (exact) mass is 425 g/mol. The number of ether oxygens (including phenoxy) is 1. The van der Waals surface area contributed by atoms with E-state index < -0.39 is 0 Å². The van der Waals surface area contributed by atoms with Crippen LogP contribution in [0.1, 0.15) is 28.8 Å². The van der Waals surface area contributed by atoms with E-state index in [4.69, 9.17) is 9.84 Å². The van der Waals surface area contributed by atoms with Crippen LogP contribution in [0.4, 0.5) is 10.5 Å². The first-order valence-electron chi connectivity index (χ1n) is 10.8. The van der Waals surface area contributed by atoms with Gasteiger partial charge in [-0.15, -0.1) is 0 Å². The zero-order chi connectivity index (χ0) is 22.1. The second kappa shape index (κ2) is 11.4. The summed E-state index contributed by atoms with van der Waals surface area (Å²) < 4.78 is 5.47. The number of rotatable bonds is 7. The highest BCUT2D eigenvalue weighted by molar-refractivity contribution is 5.94. The molecule has 1 aliphatic rings. The van der Waals surface area contributed by atoms with E-state index in [1.54, 1.807) is 16.8 Å². The van der Waals surface area contributed by atoms with Gasteiger partial charge in [0.2, 0.25) is 0 Å². The molecule has 1 saturated heterocycles. The highest BCUT2D eigenvalue weighted by atomic mass is 16.6. The molecule has 31 heavy (non-hydrogen) atoms. The Labute approximate surface area is 183 Å². The molecule has 2 amide bonds. The molecule has 0 spiro atoms. The minimum Gasteiger partial charge on any atom is -0.445 e. The molecule has 0 unspecified atom stereocenters. The van der Waals surface area contributed by atoms with E-state index in [0.717, 1.165) is 24.2 Å². The minimum absolute atomic E-state index is 0.0526. The molecule has 0 atom stereocenters. The van der Waals surface area contributed by atoms with Crippen molar-refractivity contribution in [2.75, 3.05) is 51.3 Å². The summed E-state index contributed by atoms with van der Waals surface area (Å²) in [5, 5.41) is 8.93. The first-order chi connectivity index (χ1) is 15.1. The molecule has 0 aliphatic carbocycles. The molecule has 2 aromatic rings. The molecule has 3 rings (SSSR count). The standard InChI is InChI=1S/C24H31N3O4/c1-25(13-6-18-28)23(29)21-9-11-22(12-10-21)26-14-5-15-27(17-16-26)24(30)31-19-20-7-3-2-4-8-20/h2-4,7-12,28H,5-6,13-19H2,1H3. The van der Waals surface area contributed by atoms with Crippen LogP contribution in [0.2, 0.25) is 0 Å². The topological polar surface area (TPSA) is 73.3 Å². The van der Waals surface area contributed by atoms with Gasteiger partial charge in [-0.05, 0) is 42.7 Å². The van der Waals surface area contributed by atoms with Crippen molar-refractivity contribution in [3.8, 4) is 0 Å². The molecule has 0 aromatic heterocycles. The zero-order valence-corrected chi connectivity index (χ0v) is 18.1. The quantitative estimate of drug-likeness (QED) is 0.738. The fourth-order valence-corrected chi connectivity index (χ4v) is 3.61. The summed E-state index contributed by atoms with van der Waals surface area (Å²) in [5.41, 5.74) is 2.64. The lowest BCUT2D eigenvalue weighted by molar-refractivity contribution is 0.0786. The van der Waals surface area contributed by atoms with E-state index in [2.05, 4.69) is 4.90 Å². The average molecular weight is 426 g/mol. The van der Waals surface area contributed by atoms with Crippen molar-refractivity contribution < 1.29 is 19.4 Å². The smallest absolute Gasteiger partial charge is 0.410 e. The van der Waals surface area contributed by atoms with Gasteiger partial charge in [0, 0.05) is 57.6 Å². The number of amides is 2. The molecule has 7 heteroatoms. The predicted molar refractivity (Wildman–Crippen MR) is 120 cm³/mol.